The van der Waals surface area contributed by atoms with E-state index in [2.05, 4.69) is 5.32 Å². The van der Waals surface area contributed by atoms with Gasteiger partial charge in [-0.3, -0.25) is 4.79 Å². The third-order valence-corrected chi connectivity index (χ3v) is 6.87. The van der Waals surface area contributed by atoms with Gasteiger partial charge in [-0.15, -0.1) is 0 Å². The lowest BCUT2D eigenvalue weighted by molar-refractivity contribution is 0.0947. The predicted octanol–water partition coefficient (Wildman–Crippen LogP) is 3.37. The number of carbonyl (C=O) groups is 1. The average Bonchev–Trinajstić information content (AvgIpc) is 3.02. The van der Waals surface area contributed by atoms with Crippen LogP contribution < -0.4 is 10.1 Å². The number of amides is 1. The second-order valence-corrected chi connectivity index (χ2v) is 9.20. The minimum atomic E-state index is -3.58. The summed E-state index contributed by atoms with van der Waals surface area (Å²) in [6.07, 6.45) is 3.86. The molecule has 0 unspecified atom stereocenters. The summed E-state index contributed by atoms with van der Waals surface area (Å²) < 4.78 is 33.0. The molecule has 1 heterocycles. The van der Waals surface area contributed by atoms with Gasteiger partial charge in [-0.25, -0.2) is 8.42 Å². The minimum Gasteiger partial charge on any atom is -0.492 e. The van der Waals surface area contributed by atoms with Crippen LogP contribution in [0.15, 0.2) is 53.4 Å². The van der Waals surface area contributed by atoms with E-state index >= 15 is 0 Å². The van der Waals surface area contributed by atoms with E-state index in [1.54, 1.807) is 18.2 Å². The Kier molecular flexibility index (Phi) is 7.28. The molecule has 0 saturated carbocycles. The quantitative estimate of drug-likeness (QED) is 0.702. The Bertz CT molecular complexity index is 918. The molecule has 1 aliphatic heterocycles. The summed E-state index contributed by atoms with van der Waals surface area (Å²) in [4.78, 5) is 12.6. The maximum atomic E-state index is 12.9. The molecule has 29 heavy (non-hydrogen) atoms. The first kappa shape index (κ1) is 21.3. The second-order valence-electron chi connectivity index (χ2n) is 7.26. The Morgan fingerprint density at radius 2 is 1.72 bits per heavy atom. The van der Waals surface area contributed by atoms with Gasteiger partial charge in [-0.1, -0.05) is 36.6 Å². The highest BCUT2D eigenvalue weighted by molar-refractivity contribution is 7.89. The molecule has 0 radical (unpaired) electrons. The standard InChI is InChI=1S/C22H28N2O4S/c1-18-9-11-20(12-10-18)28-16-13-23-22(25)19-7-6-8-21(17-19)29(26,27)24-14-4-2-3-5-15-24/h6-12,17H,2-5,13-16H2,1H3,(H,23,25). The van der Waals surface area contributed by atoms with Gasteiger partial charge in [0.25, 0.3) is 5.91 Å². The van der Waals surface area contributed by atoms with Crippen LogP contribution in [0.3, 0.4) is 0 Å². The Morgan fingerprint density at radius 3 is 2.41 bits per heavy atom. The summed E-state index contributed by atoms with van der Waals surface area (Å²) in [5.74, 6) is 0.431. The molecule has 0 aromatic heterocycles. The zero-order chi connectivity index (χ0) is 20.7. The van der Waals surface area contributed by atoms with Crippen LogP contribution >= 0.6 is 0 Å². The number of nitrogens with one attached hydrogen (secondary N) is 1. The van der Waals surface area contributed by atoms with Crippen molar-refractivity contribution in [2.45, 2.75) is 37.5 Å². The maximum absolute atomic E-state index is 12.9. The van der Waals surface area contributed by atoms with Gasteiger partial charge in [-0.2, -0.15) is 4.31 Å². The van der Waals surface area contributed by atoms with Gasteiger partial charge < -0.3 is 10.1 Å². The van der Waals surface area contributed by atoms with Crippen LogP contribution in [-0.2, 0) is 10.0 Å². The highest BCUT2D eigenvalue weighted by Gasteiger charge is 2.25. The van der Waals surface area contributed by atoms with Crippen LogP contribution in [0.4, 0.5) is 0 Å². The van der Waals surface area contributed by atoms with Gasteiger partial charge in [0, 0.05) is 18.7 Å². The highest BCUT2D eigenvalue weighted by atomic mass is 32.2. The number of rotatable bonds is 7. The number of carbonyl (C=O) groups excluding carboxylic acids is 1. The summed E-state index contributed by atoms with van der Waals surface area (Å²) in [6.45, 7) is 3.74. The molecule has 0 atom stereocenters. The molecule has 1 N–H and O–H groups in total. The zero-order valence-corrected chi connectivity index (χ0v) is 17.6. The monoisotopic (exact) mass is 416 g/mol. The zero-order valence-electron chi connectivity index (χ0n) is 16.8. The van der Waals surface area contributed by atoms with Crippen LogP contribution in [-0.4, -0.2) is 44.9 Å². The minimum absolute atomic E-state index is 0.169. The molecule has 2 aromatic rings. The molecule has 6 nitrogen and oxygen atoms in total. The van der Waals surface area contributed by atoms with E-state index in [4.69, 9.17) is 4.74 Å². The third kappa shape index (κ3) is 5.81. The lowest BCUT2D eigenvalue weighted by Gasteiger charge is -2.20. The van der Waals surface area contributed by atoms with E-state index in [1.165, 1.54) is 10.4 Å². The Balaban J connectivity index is 1.57. The molecule has 3 rings (SSSR count). The molecule has 0 spiro atoms. The summed E-state index contributed by atoms with van der Waals surface area (Å²) in [5, 5.41) is 2.78. The summed E-state index contributed by atoms with van der Waals surface area (Å²) in [5.41, 5.74) is 1.48. The highest BCUT2D eigenvalue weighted by Crippen LogP contribution is 2.21. The van der Waals surface area contributed by atoms with Crippen molar-refractivity contribution >= 4 is 15.9 Å². The van der Waals surface area contributed by atoms with Gasteiger partial charge >= 0.3 is 0 Å². The van der Waals surface area contributed by atoms with Gasteiger partial charge in [-0.05, 0) is 50.1 Å². The molecule has 7 heteroatoms. The fourth-order valence-electron chi connectivity index (χ4n) is 3.30. The summed E-state index contributed by atoms with van der Waals surface area (Å²) >= 11 is 0. The van der Waals surface area contributed by atoms with E-state index in [-0.39, 0.29) is 10.8 Å². The molecule has 0 bridgehead atoms. The first-order valence-electron chi connectivity index (χ1n) is 10.0. The number of hydrogen-bond acceptors (Lipinski definition) is 4. The SMILES string of the molecule is Cc1ccc(OCCNC(=O)c2cccc(S(=O)(=O)N3CCCCCC3)c2)cc1. The van der Waals surface area contributed by atoms with Crippen molar-refractivity contribution in [3.05, 3.63) is 59.7 Å². The van der Waals surface area contributed by atoms with Crippen molar-refractivity contribution < 1.29 is 17.9 Å². The molecule has 0 aliphatic carbocycles. The average molecular weight is 417 g/mol. The molecular weight excluding hydrogens is 388 g/mol. The maximum Gasteiger partial charge on any atom is 0.251 e. The fraction of sp³-hybridized carbons (Fsp3) is 0.409. The van der Waals surface area contributed by atoms with E-state index in [0.29, 0.717) is 31.8 Å². The number of hydrogen-bond donors (Lipinski definition) is 1. The fourth-order valence-corrected chi connectivity index (χ4v) is 4.86. The molecule has 2 aromatic carbocycles. The van der Waals surface area contributed by atoms with Crippen molar-refractivity contribution in [1.82, 2.24) is 9.62 Å². The number of nitrogens with zero attached hydrogens (tertiary/aromatic N) is 1. The van der Waals surface area contributed by atoms with Crippen molar-refractivity contribution in [2.75, 3.05) is 26.2 Å². The van der Waals surface area contributed by atoms with Crippen LogP contribution in [0.2, 0.25) is 0 Å². The van der Waals surface area contributed by atoms with Gasteiger partial charge in [0.2, 0.25) is 10.0 Å². The topological polar surface area (TPSA) is 75.7 Å². The van der Waals surface area contributed by atoms with Gasteiger partial charge in [0.15, 0.2) is 0 Å². The van der Waals surface area contributed by atoms with E-state index in [1.807, 2.05) is 31.2 Å². The molecular formula is C22H28N2O4S. The van der Waals surface area contributed by atoms with Crippen LogP contribution in [0.1, 0.15) is 41.6 Å². The Labute approximate surface area is 172 Å². The van der Waals surface area contributed by atoms with E-state index in [9.17, 15) is 13.2 Å². The van der Waals surface area contributed by atoms with E-state index in [0.717, 1.165) is 37.0 Å². The van der Waals surface area contributed by atoms with Crippen molar-refractivity contribution in [3.8, 4) is 5.75 Å². The number of sulfonamides is 1. The predicted molar refractivity (Wildman–Crippen MR) is 113 cm³/mol. The van der Waals surface area contributed by atoms with Crippen LogP contribution in [0.5, 0.6) is 5.75 Å². The van der Waals surface area contributed by atoms with Gasteiger partial charge in [0.05, 0.1) is 11.4 Å². The molecule has 1 fully saturated rings. The molecule has 1 saturated heterocycles. The Hall–Kier alpha value is -2.38. The first-order valence-corrected chi connectivity index (χ1v) is 11.5. The lowest BCUT2D eigenvalue weighted by Crippen LogP contribution is -2.32. The van der Waals surface area contributed by atoms with E-state index < -0.39 is 10.0 Å². The lowest BCUT2D eigenvalue weighted by atomic mass is 10.2. The van der Waals surface area contributed by atoms with Crippen LogP contribution in [0, 0.1) is 6.92 Å². The van der Waals surface area contributed by atoms with Crippen molar-refractivity contribution in [2.24, 2.45) is 0 Å². The van der Waals surface area contributed by atoms with Crippen molar-refractivity contribution in [3.63, 3.8) is 0 Å². The largest absolute Gasteiger partial charge is 0.492 e. The molecule has 1 aliphatic rings. The Morgan fingerprint density at radius 1 is 1.03 bits per heavy atom. The van der Waals surface area contributed by atoms with Crippen LogP contribution in [0.25, 0.3) is 0 Å². The second kappa shape index (κ2) is 9.89. The summed E-state index contributed by atoms with van der Waals surface area (Å²) in [7, 11) is -3.58. The summed E-state index contributed by atoms with van der Waals surface area (Å²) in [6, 6.07) is 13.9. The first-order chi connectivity index (χ1) is 14.0. The molecule has 1 amide bonds. The normalized spacial score (nSPS) is 15.5. The number of benzene rings is 2. The number of ether oxygens (including phenoxy) is 1. The smallest absolute Gasteiger partial charge is 0.251 e. The third-order valence-electron chi connectivity index (χ3n) is 4.98. The number of aryl methyl sites for hydroxylation is 1. The van der Waals surface area contributed by atoms with Gasteiger partial charge in [0.1, 0.15) is 12.4 Å². The molecule has 156 valence electrons. The van der Waals surface area contributed by atoms with Crippen molar-refractivity contribution in [1.29, 1.82) is 0 Å².